The highest BCUT2D eigenvalue weighted by atomic mass is 15.1. The van der Waals surface area contributed by atoms with Crippen molar-refractivity contribution < 1.29 is 0 Å². The first-order valence-corrected chi connectivity index (χ1v) is 6.69. The van der Waals surface area contributed by atoms with E-state index in [1.807, 2.05) is 7.05 Å². The van der Waals surface area contributed by atoms with Gasteiger partial charge in [0.25, 0.3) is 0 Å². The van der Waals surface area contributed by atoms with E-state index in [1.54, 1.807) is 0 Å². The molecule has 1 saturated carbocycles. The van der Waals surface area contributed by atoms with E-state index in [9.17, 15) is 0 Å². The summed E-state index contributed by atoms with van der Waals surface area (Å²) >= 11 is 0. The second kappa shape index (κ2) is 5.54. The first-order chi connectivity index (χ1) is 8.22. The highest BCUT2D eigenvalue weighted by Crippen LogP contribution is 2.29. The van der Waals surface area contributed by atoms with E-state index in [1.165, 1.54) is 42.5 Å². The molecule has 0 heterocycles. The minimum atomic E-state index is 0.744. The molecule has 0 saturated heterocycles. The van der Waals surface area contributed by atoms with Crippen LogP contribution in [0.1, 0.15) is 36.8 Å². The van der Waals surface area contributed by atoms with Gasteiger partial charge in [-0.2, -0.15) is 0 Å². The summed E-state index contributed by atoms with van der Waals surface area (Å²) in [5.74, 6) is 0. The number of aryl methyl sites for hydroxylation is 1. The van der Waals surface area contributed by atoms with Gasteiger partial charge in [0.1, 0.15) is 0 Å². The van der Waals surface area contributed by atoms with Crippen molar-refractivity contribution in [1.82, 2.24) is 5.32 Å². The fraction of sp³-hybridized carbons (Fsp3) is 0.600. The zero-order valence-corrected chi connectivity index (χ0v) is 11.3. The lowest BCUT2D eigenvalue weighted by atomic mass is 10.1. The smallest absolute Gasteiger partial charge is 0.0411 e. The zero-order chi connectivity index (χ0) is 12.3. The minimum absolute atomic E-state index is 0.744. The van der Waals surface area contributed by atoms with Crippen LogP contribution in [0.5, 0.6) is 0 Å². The second-order valence-corrected chi connectivity index (χ2v) is 5.21. The molecule has 17 heavy (non-hydrogen) atoms. The zero-order valence-electron chi connectivity index (χ0n) is 11.3. The Labute approximate surface area is 105 Å². The number of anilines is 1. The monoisotopic (exact) mass is 232 g/mol. The number of nitrogens with zero attached hydrogens (tertiary/aromatic N) is 1. The summed E-state index contributed by atoms with van der Waals surface area (Å²) in [5, 5.41) is 3.27. The molecule has 0 radical (unpaired) electrons. The maximum absolute atomic E-state index is 3.27. The van der Waals surface area contributed by atoms with Gasteiger partial charge in [0.15, 0.2) is 0 Å². The van der Waals surface area contributed by atoms with E-state index < -0.39 is 0 Å². The van der Waals surface area contributed by atoms with Crippen LogP contribution in [0, 0.1) is 6.92 Å². The molecule has 1 aromatic carbocycles. The van der Waals surface area contributed by atoms with Gasteiger partial charge in [-0.3, -0.25) is 0 Å². The summed E-state index contributed by atoms with van der Waals surface area (Å²) in [4.78, 5) is 2.49. The Morgan fingerprint density at radius 2 is 2.00 bits per heavy atom. The highest BCUT2D eigenvalue weighted by molar-refractivity contribution is 5.55. The standard InChI is InChI=1S/C15H24N2/c1-12-8-9-15(13(10-12)11-16-2)17(3)14-6-4-5-7-14/h8-10,14,16H,4-7,11H2,1-3H3. The fourth-order valence-electron chi connectivity index (χ4n) is 2.88. The van der Waals surface area contributed by atoms with Crippen LogP contribution in [-0.4, -0.2) is 20.1 Å². The SMILES string of the molecule is CNCc1cc(C)ccc1N(C)C1CCCC1. The Morgan fingerprint density at radius 1 is 1.29 bits per heavy atom. The summed E-state index contributed by atoms with van der Waals surface area (Å²) in [6.45, 7) is 3.12. The van der Waals surface area contributed by atoms with Crippen LogP contribution in [0.15, 0.2) is 18.2 Å². The van der Waals surface area contributed by atoms with Gasteiger partial charge in [-0.25, -0.2) is 0 Å². The number of benzene rings is 1. The molecule has 0 atom stereocenters. The summed E-state index contributed by atoms with van der Waals surface area (Å²) in [5.41, 5.74) is 4.16. The van der Waals surface area contributed by atoms with Crippen LogP contribution < -0.4 is 10.2 Å². The maximum Gasteiger partial charge on any atom is 0.0411 e. The van der Waals surface area contributed by atoms with Crippen molar-refractivity contribution in [3.05, 3.63) is 29.3 Å². The molecule has 2 nitrogen and oxygen atoms in total. The summed E-state index contributed by atoms with van der Waals surface area (Å²) < 4.78 is 0. The lowest BCUT2D eigenvalue weighted by Crippen LogP contribution is -2.30. The molecule has 94 valence electrons. The molecule has 1 aliphatic carbocycles. The summed E-state index contributed by atoms with van der Waals surface area (Å²) in [7, 11) is 4.27. The quantitative estimate of drug-likeness (QED) is 0.858. The van der Waals surface area contributed by atoms with Gasteiger partial charge >= 0.3 is 0 Å². The molecule has 0 aromatic heterocycles. The first kappa shape index (κ1) is 12.4. The van der Waals surface area contributed by atoms with Crippen LogP contribution >= 0.6 is 0 Å². The minimum Gasteiger partial charge on any atom is -0.371 e. The Morgan fingerprint density at radius 3 is 2.65 bits per heavy atom. The van der Waals surface area contributed by atoms with Gasteiger partial charge in [-0.15, -0.1) is 0 Å². The Kier molecular flexibility index (Phi) is 4.06. The van der Waals surface area contributed by atoms with Crippen LogP contribution in [0.2, 0.25) is 0 Å². The van der Waals surface area contributed by atoms with Crippen LogP contribution in [0.25, 0.3) is 0 Å². The predicted molar refractivity (Wildman–Crippen MR) is 74.6 cm³/mol. The van der Waals surface area contributed by atoms with E-state index in [-0.39, 0.29) is 0 Å². The largest absolute Gasteiger partial charge is 0.371 e. The molecule has 0 aliphatic heterocycles. The highest BCUT2D eigenvalue weighted by Gasteiger charge is 2.21. The number of rotatable bonds is 4. The molecular weight excluding hydrogens is 208 g/mol. The topological polar surface area (TPSA) is 15.3 Å². The molecule has 0 amide bonds. The van der Waals surface area contributed by atoms with Gasteiger partial charge in [0, 0.05) is 25.3 Å². The molecule has 1 N–H and O–H groups in total. The van der Waals surface area contributed by atoms with E-state index in [0.717, 1.165) is 12.6 Å². The van der Waals surface area contributed by atoms with Gasteiger partial charge in [0.05, 0.1) is 0 Å². The van der Waals surface area contributed by atoms with Crippen LogP contribution in [0.3, 0.4) is 0 Å². The third-order valence-electron chi connectivity index (χ3n) is 3.85. The number of hydrogen-bond acceptors (Lipinski definition) is 2. The van der Waals surface area contributed by atoms with E-state index in [4.69, 9.17) is 0 Å². The van der Waals surface area contributed by atoms with E-state index in [2.05, 4.69) is 42.4 Å². The Hall–Kier alpha value is -1.02. The second-order valence-electron chi connectivity index (χ2n) is 5.21. The van der Waals surface area contributed by atoms with Gasteiger partial charge < -0.3 is 10.2 Å². The molecule has 1 aliphatic rings. The molecule has 1 fully saturated rings. The van der Waals surface area contributed by atoms with Gasteiger partial charge in [0.2, 0.25) is 0 Å². The average molecular weight is 232 g/mol. The van der Waals surface area contributed by atoms with Crippen molar-refractivity contribution >= 4 is 5.69 Å². The molecule has 1 aromatic rings. The molecule has 2 rings (SSSR count). The maximum atomic E-state index is 3.27. The fourth-order valence-corrected chi connectivity index (χ4v) is 2.88. The molecule has 0 spiro atoms. The predicted octanol–water partition coefficient (Wildman–Crippen LogP) is 3.09. The van der Waals surface area contributed by atoms with Crippen LogP contribution in [-0.2, 0) is 6.54 Å². The lowest BCUT2D eigenvalue weighted by molar-refractivity contribution is 0.648. The third-order valence-corrected chi connectivity index (χ3v) is 3.85. The molecule has 2 heteroatoms. The van der Waals surface area contributed by atoms with E-state index in [0.29, 0.717) is 0 Å². The van der Waals surface area contributed by atoms with Crippen molar-refractivity contribution in [1.29, 1.82) is 0 Å². The van der Waals surface area contributed by atoms with Crippen LogP contribution in [0.4, 0.5) is 5.69 Å². The number of nitrogens with one attached hydrogen (secondary N) is 1. The molecule has 0 bridgehead atoms. The molecular formula is C15H24N2. The summed E-state index contributed by atoms with van der Waals surface area (Å²) in [6, 6.07) is 7.55. The lowest BCUT2D eigenvalue weighted by Gasteiger charge is -2.29. The van der Waals surface area contributed by atoms with Crippen molar-refractivity contribution in [2.45, 2.75) is 45.2 Å². The first-order valence-electron chi connectivity index (χ1n) is 6.69. The van der Waals surface area contributed by atoms with Gasteiger partial charge in [-0.05, 0) is 38.4 Å². The van der Waals surface area contributed by atoms with Crippen molar-refractivity contribution in [2.24, 2.45) is 0 Å². The van der Waals surface area contributed by atoms with Gasteiger partial charge in [-0.1, -0.05) is 30.5 Å². The van der Waals surface area contributed by atoms with Crippen molar-refractivity contribution in [2.75, 3.05) is 19.0 Å². The summed E-state index contributed by atoms with van der Waals surface area (Å²) in [6.07, 6.45) is 5.48. The Balaban J connectivity index is 2.23. The van der Waals surface area contributed by atoms with Crippen molar-refractivity contribution in [3.8, 4) is 0 Å². The van der Waals surface area contributed by atoms with E-state index >= 15 is 0 Å². The average Bonchev–Trinajstić information content (AvgIpc) is 2.82. The third kappa shape index (κ3) is 2.81. The normalized spacial score (nSPS) is 16.4. The Bertz CT molecular complexity index is 367. The number of hydrogen-bond donors (Lipinski definition) is 1. The molecule has 0 unspecified atom stereocenters. The van der Waals surface area contributed by atoms with Crippen molar-refractivity contribution in [3.63, 3.8) is 0 Å².